The van der Waals surface area contributed by atoms with Crippen molar-refractivity contribution in [1.82, 2.24) is 30.2 Å². The Kier molecular flexibility index (Phi) is 4.44. The van der Waals surface area contributed by atoms with Gasteiger partial charge in [-0.3, -0.25) is 9.36 Å². The van der Waals surface area contributed by atoms with Crippen LogP contribution in [0.5, 0.6) is 0 Å². The highest BCUT2D eigenvalue weighted by molar-refractivity contribution is 5.83. The van der Waals surface area contributed by atoms with E-state index < -0.39 is 30.4 Å². The Balaban J connectivity index is 1.53. The van der Waals surface area contributed by atoms with Gasteiger partial charge in [-0.05, 0) is 25.9 Å². The first-order valence-corrected chi connectivity index (χ1v) is 8.52. The molecular formula is C15H21N7O4. The third-order valence-corrected chi connectivity index (χ3v) is 4.84. The molecule has 0 aliphatic carbocycles. The first-order valence-electron chi connectivity index (χ1n) is 8.52. The fraction of sp³-hybridized carbons (Fsp3) is 0.600. The zero-order chi connectivity index (χ0) is 18.3. The number of nitrogens with zero attached hydrogens (tertiary/aromatic N) is 4. The predicted molar refractivity (Wildman–Crippen MR) is 89.7 cm³/mol. The highest BCUT2D eigenvalue weighted by Gasteiger charge is 2.48. The number of anilines is 1. The molecule has 2 aliphatic rings. The lowest BCUT2D eigenvalue weighted by atomic mass is 10.1. The Bertz CT molecular complexity index is 806. The Labute approximate surface area is 148 Å². The van der Waals surface area contributed by atoms with Crippen molar-refractivity contribution in [1.29, 1.82) is 0 Å². The average Bonchev–Trinajstić information content (AvgIpc) is 3.19. The molecule has 4 rings (SSSR count). The van der Waals surface area contributed by atoms with Gasteiger partial charge in [0.25, 0.3) is 5.91 Å². The number of nitrogen functional groups attached to an aromatic ring is 1. The molecule has 2 fully saturated rings. The van der Waals surface area contributed by atoms with Gasteiger partial charge in [-0.2, -0.15) is 0 Å². The highest BCUT2D eigenvalue weighted by Crippen LogP contribution is 2.32. The number of aromatic nitrogens is 4. The van der Waals surface area contributed by atoms with Crippen molar-refractivity contribution in [3.05, 3.63) is 12.7 Å². The van der Waals surface area contributed by atoms with Crippen LogP contribution in [0.2, 0.25) is 0 Å². The van der Waals surface area contributed by atoms with E-state index in [0.29, 0.717) is 11.2 Å². The molecule has 0 saturated carbocycles. The predicted octanol–water partition coefficient (Wildman–Crippen LogP) is -2.10. The fourth-order valence-corrected chi connectivity index (χ4v) is 3.41. The SMILES string of the molecule is Nc1ncnc2c1ncn2[C@@H]1O[C@H](C(=O)NC2CCNCC2)[C@@H](O)[C@H]1O. The molecule has 2 saturated heterocycles. The van der Waals surface area contributed by atoms with Gasteiger partial charge >= 0.3 is 0 Å². The minimum atomic E-state index is -1.36. The van der Waals surface area contributed by atoms with Crippen LogP contribution < -0.4 is 16.4 Å². The van der Waals surface area contributed by atoms with Crippen LogP contribution in [0.1, 0.15) is 19.1 Å². The van der Waals surface area contributed by atoms with E-state index in [1.165, 1.54) is 17.2 Å². The molecule has 4 atom stereocenters. The molecule has 0 aromatic carbocycles. The summed E-state index contributed by atoms with van der Waals surface area (Å²) in [6, 6.07) is 0.0253. The highest BCUT2D eigenvalue weighted by atomic mass is 16.6. The van der Waals surface area contributed by atoms with Crippen molar-refractivity contribution in [2.45, 2.75) is 43.4 Å². The Hall–Kier alpha value is -2.34. The monoisotopic (exact) mass is 363 g/mol. The first kappa shape index (κ1) is 17.1. The summed E-state index contributed by atoms with van der Waals surface area (Å²) in [6.45, 7) is 1.65. The number of carbonyl (C=O) groups is 1. The number of nitrogens with two attached hydrogens (primary N) is 1. The average molecular weight is 363 g/mol. The smallest absolute Gasteiger partial charge is 0.252 e. The number of carbonyl (C=O) groups excluding carboxylic acids is 1. The fourth-order valence-electron chi connectivity index (χ4n) is 3.41. The third-order valence-electron chi connectivity index (χ3n) is 4.84. The summed E-state index contributed by atoms with van der Waals surface area (Å²) in [5.41, 5.74) is 6.48. The van der Waals surface area contributed by atoms with Crippen LogP contribution >= 0.6 is 0 Å². The molecule has 0 unspecified atom stereocenters. The number of hydrogen-bond acceptors (Lipinski definition) is 9. The second kappa shape index (κ2) is 6.76. The van der Waals surface area contributed by atoms with Gasteiger partial charge in [-0.25, -0.2) is 15.0 Å². The zero-order valence-electron chi connectivity index (χ0n) is 13.9. The third kappa shape index (κ3) is 2.88. The lowest BCUT2D eigenvalue weighted by molar-refractivity contribution is -0.138. The molecule has 1 amide bonds. The van der Waals surface area contributed by atoms with E-state index in [2.05, 4.69) is 25.6 Å². The lowest BCUT2D eigenvalue weighted by Gasteiger charge is -2.25. The maximum Gasteiger partial charge on any atom is 0.252 e. The lowest BCUT2D eigenvalue weighted by Crippen LogP contribution is -2.49. The van der Waals surface area contributed by atoms with Gasteiger partial charge in [-0.1, -0.05) is 0 Å². The number of hydrogen-bond donors (Lipinski definition) is 5. The summed E-state index contributed by atoms with van der Waals surface area (Å²) in [6.07, 6.45) is -0.579. The van der Waals surface area contributed by atoms with Crippen LogP contribution in [-0.2, 0) is 9.53 Å². The summed E-state index contributed by atoms with van der Waals surface area (Å²) >= 11 is 0. The minimum Gasteiger partial charge on any atom is -0.387 e. The van der Waals surface area contributed by atoms with E-state index in [9.17, 15) is 15.0 Å². The van der Waals surface area contributed by atoms with Crippen molar-refractivity contribution in [2.24, 2.45) is 0 Å². The van der Waals surface area contributed by atoms with Crippen LogP contribution in [-0.4, -0.2) is 73.1 Å². The maximum atomic E-state index is 12.5. The number of aliphatic hydroxyl groups excluding tert-OH is 2. The molecule has 2 aliphatic heterocycles. The Morgan fingerprint density at radius 2 is 2.04 bits per heavy atom. The molecule has 0 bridgehead atoms. The second-order valence-corrected chi connectivity index (χ2v) is 6.54. The Morgan fingerprint density at radius 1 is 1.27 bits per heavy atom. The zero-order valence-corrected chi connectivity index (χ0v) is 13.9. The van der Waals surface area contributed by atoms with E-state index in [-0.39, 0.29) is 11.9 Å². The van der Waals surface area contributed by atoms with Gasteiger partial charge < -0.3 is 31.3 Å². The van der Waals surface area contributed by atoms with Gasteiger partial charge in [0.15, 0.2) is 23.8 Å². The Morgan fingerprint density at radius 3 is 2.81 bits per heavy atom. The number of nitrogens with one attached hydrogen (secondary N) is 2. The van der Waals surface area contributed by atoms with Crippen LogP contribution in [0.3, 0.4) is 0 Å². The molecule has 4 heterocycles. The minimum absolute atomic E-state index is 0.0253. The van der Waals surface area contributed by atoms with Crippen LogP contribution in [0, 0.1) is 0 Å². The molecule has 140 valence electrons. The summed E-state index contributed by atoms with van der Waals surface area (Å²) in [5.74, 6) is -0.244. The van der Waals surface area contributed by atoms with Crippen molar-refractivity contribution in [2.75, 3.05) is 18.8 Å². The van der Waals surface area contributed by atoms with Crippen LogP contribution in [0.15, 0.2) is 12.7 Å². The van der Waals surface area contributed by atoms with Crippen LogP contribution in [0.4, 0.5) is 5.82 Å². The van der Waals surface area contributed by atoms with E-state index in [4.69, 9.17) is 10.5 Å². The standard InChI is InChI=1S/C15H21N7O4/c16-12-8-13(19-5-18-12)22(6-20-8)15-10(24)9(23)11(26-15)14(25)21-7-1-3-17-4-2-7/h5-7,9-11,15,17,23-24H,1-4H2,(H,21,25)(H2,16,18,19)/t9-,10+,11-,15+/m0/s1. The summed E-state index contributed by atoms with van der Waals surface area (Å²) < 4.78 is 7.12. The molecule has 11 heteroatoms. The molecule has 0 spiro atoms. The van der Waals surface area contributed by atoms with Crippen molar-refractivity contribution in [3.63, 3.8) is 0 Å². The van der Waals surface area contributed by atoms with Gasteiger partial charge in [-0.15, -0.1) is 0 Å². The number of piperidine rings is 1. The first-order chi connectivity index (χ1) is 12.6. The molecule has 26 heavy (non-hydrogen) atoms. The number of fused-ring (bicyclic) bond motifs is 1. The van der Waals surface area contributed by atoms with Gasteiger partial charge in [0.05, 0.1) is 6.33 Å². The summed E-state index contributed by atoms with van der Waals surface area (Å²) in [4.78, 5) is 24.6. The molecule has 0 radical (unpaired) electrons. The molecule has 11 nitrogen and oxygen atoms in total. The summed E-state index contributed by atoms with van der Waals surface area (Å²) in [5, 5.41) is 26.8. The van der Waals surface area contributed by atoms with Gasteiger partial charge in [0.2, 0.25) is 0 Å². The number of aliphatic hydroxyl groups is 2. The van der Waals surface area contributed by atoms with Gasteiger partial charge in [0, 0.05) is 6.04 Å². The molecule has 6 N–H and O–H groups in total. The van der Waals surface area contributed by atoms with Crippen LogP contribution in [0.25, 0.3) is 11.2 Å². The molecule has 2 aromatic heterocycles. The van der Waals surface area contributed by atoms with Crippen molar-refractivity contribution in [3.8, 4) is 0 Å². The van der Waals surface area contributed by atoms with E-state index in [1.807, 2.05) is 0 Å². The van der Waals surface area contributed by atoms with E-state index >= 15 is 0 Å². The number of ether oxygens (including phenoxy) is 1. The van der Waals surface area contributed by atoms with Crippen molar-refractivity contribution >= 4 is 22.9 Å². The van der Waals surface area contributed by atoms with E-state index in [1.54, 1.807) is 0 Å². The van der Waals surface area contributed by atoms with Gasteiger partial charge in [0.1, 0.15) is 24.1 Å². The molecule has 2 aromatic rings. The van der Waals surface area contributed by atoms with E-state index in [0.717, 1.165) is 25.9 Å². The second-order valence-electron chi connectivity index (χ2n) is 6.54. The number of rotatable bonds is 3. The van der Waals surface area contributed by atoms with Crippen molar-refractivity contribution < 1.29 is 19.7 Å². The topological polar surface area (TPSA) is 160 Å². The summed E-state index contributed by atoms with van der Waals surface area (Å²) in [7, 11) is 0. The molecular weight excluding hydrogens is 342 g/mol. The quantitative estimate of drug-likeness (QED) is 0.411. The largest absolute Gasteiger partial charge is 0.387 e. The normalized spacial score (nSPS) is 29.9. The number of amides is 1. The number of imidazole rings is 1. The maximum absolute atomic E-state index is 12.5.